The van der Waals surface area contributed by atoms with Crippen LogP contribution in [0.5, 0.6) is 0 Å². The second-order valence-electron chi connectivity index (χ2n) is 4.10. The summed E-state index contributed by atoms with van der Waals surface area (Å²) >= 11 is 0. The molecule has 86 valence electrons. The summed E-state index contributed by atoms with van der Waals surface area (Å²) in [7, 11) is 0. The fourth-order valence-corrected chi connectivity index (χ4v) is 2.23. The normalized spacial score (nSPS) is 17.0. The van der Waals surface area contributed by atoms with Crippen molar-refractivity contribution in [3.8, 4) is 0 Å². The standard InChI is InChI=1S/C12H17N3O/c13-12(16)15-11-4-2-1-3-10(11)9-5-7-14-8-6-9/h1-4,9,14H,5-8H2,(H3,13,15,16). The quantitative estimate of drug-likeness (QED) is 0.708. The topological polar surface area (TPSA) is 67.2 Å². The van der Waals surface area contributed by atoms with Crippen LogP contribution in [0.25, 0.3) is 0 Å². The third-order valence-corrected chi connectivity index (χ3v) is 3.00. The lowest BCUT2D eigenvalue weighted by Gasteiger charge is -2.24. The number of hydrogen-bond donors (Lipinski definition) is 3. The van der Waals surface area contributed by atoms with E-state index in [2.05, 4.69) is 16.7 Å². The Labute approximate surface area is 95.2 Å². The Balaban J connectivity index is 2.20. The van der Waals surface area contributed by atoms with Crippen molar-refractivity contribution in [3.05, 3.63) is 29.8 Å². The molecule has 0 unspecified atom stereocenters. The Morgan fingerprint density at radius 3 is 2.69 bits per heavy atom. The highest BCUT2D eigenvalue weighted by molar-refractivity contribution is 5.88. The van der Waals surface area contributed by atoms with Gasteiger partial charge in [-0.3, -0.25) is 0 Å². The highest BCUT2D eigenvalue weighted by atomic mass is 16.2. The van der Waals surface area contributed by atoms with E-state index < -0.39 is 6.03 Å². The number of amides is 2. The van der Waals surface area contributed by atoms with Gasteiger partial charge in [-0.25, -0.2) is 4.79 Å². The van der Waals surface area contributed by atoms with E-state index in [-0.39, 0.29) is 0 Å². The number of hydrogen-bond acceptors (Lipinski definition) is 2. The van der Waals surface area contributed by atoms with E-state index in [0.717, 1.165) is 31.6 Å². The van der Waals surface area contributed by atoms with E-state index >= 15 is 0 Å². The number of para-hydroxylation sites is 1. The van der Waals surface area contributed by atoms with Crippen LogP contribution < -0.4 is 16.4 Å². The van der Waals surface area contributed by atoms with Crippen LogP contribution in [0.3, 0.4) is 0 Å². The molecule has 1 aromatic carbocycles. The molecule has 16 heavy (non-hydrogen) atoms. The molecule has 0 spiro atoms. The molecule has 2 amide bonds. The summed E-state index contributed by atoms with van der Waals surface area (Å²) < 4.78 is 0. The van der Waals surface area contributed by atoms with Gasteiger partial charge in [-0.05, 0) is 43.5 Å². The average molecular weight is 219 g/mol. The first-order chi connectivity index (χ1) is 7.77. The van der Waals surface area contributed by atoms with Crippen molar-refractivity contribution in [3.63, 3.8) is 0 Å². The van der Waals surface area contributed by atoms with Crippen LogP contribution in [-0.4, -0.2) is 19.1 Å². The van der Waals surface area contributed by atoms with Crippen LogP contribution in [0.15, 0.2) is 24.3 Å². The first kappa shape index (κ1) is 11.0. The van der Waals surface area contributed by atoms with Gasteiger partial charge in [0.1, 0.15) is 0 Å². The van der Waals surface area contributed by atoms with E-state index in [1.54, 1.807) is 0 Å². The minimum atomic E-state index is -0.499. The van der Waals surface area contributed by atoms with E-state index in [1.807, 2.05) is 18.2 Å². The molecule has 1 fully saturated rings. The summed E-state index contributed by atoms with van der Waals surface area (Å²) in [6, 6.07) is 7.39. The third-order valence-electron chi connectivity index (χ3n) is 3.00. The minimum absolute atomic E-state index is 0.499. The molecule has 1 aliphatic heterocycles. The summed E-state index contributed by atoms with van der Waals surface area (Å²) in [5.41, 5.74) is 7.21. The number of nitrogens with one attached hydrogen (secondary N) is 2. The Morgan fingerprint density at radius 1 is 1.31 bits per heavy atom. The van der Waals surface area contributed by atoms with E-state index in [0.29, 0.717) is 5.92 Å². The average Bonchev–Trinajstić information content (AvgIpc) is 2.30. The number of nitrogens with two attached hydrogens (primary N) is 1. The zero-order valence-electron chi connectivity index (χ0n) is 9.20. The number of anilines is 1. The molecule has 1 aliphatic rings. The van der Waals surface area contributed by atoms with Gasteiger partial charge in [0, 0.05) is 5.69 Å². The van der Waals surface area contributed by atoms with Crippen LogP contribution in [0.1, 0.15) is 24.3 Å². The zero-order chi connectivity index (χ0) is 11.4. The first-order valence-corrected chi connectivity index (χ1v) is 5.63. The monoisotopic (exact) mass is 219 g/mol. The van der Waals surface area contributed by atoms with Crippen molar-refractivity contribution < 1.29 is 4.79 Å². The van der Waals surface area contributed by atoms with Crippen molar-refractivity contribution in [2.45, 2.75) is 18.8 Å². The molecule has 1 heterocycles. The van der Waals surface area contributed by atoms with Gasteiger partial charge in [0.05, 0.1) is 0 Å². The summed E-state index contributed by atoms with van der Waals surface area (Å²) in [6.07, 6.45) is 2.22. The minimum Gasteiger partial charge on any atom is -0.351 e. The Hall–Kier alpha value is -1.55. The maximum Gasteiger partial charge on any atom is 0.316 e. The molecule has 2 rings (SSSR count). The Kier molecular flexibility index (Phi) is 3.41. The van der Waals surface area contributed by atoms with E-state index in [9.17, 15) is 4.79 Å². The summed E-state index contributed by atoms with van der Waals surface area (Å²) in [5.74, 6) is 0.518. The van der Waals surface area contributed by atoms with Crippen molar-refractivity contribution in [1.29, 1.82) is 0 Å². The van der Waals surface area contributed by atoms with Crippen LogP contribution >= 0.6 is 0 Å². The molecule has 0 saturated carbocycles. The maximum absolute atomic E-state index is 10.9. The lowest BCUT2D eigenvalue weighted by atomic mass is 9.89. The zero-order valence-corrected chi connectivity index (χ0v) is 9.20. The molecule has 0 radical (unpaired) electrons. The van der Waals surface area contributed by atoms with Gasteiger partial charge >= 0.3 is 6.03 Å². The number of carbonyl (C=O) groups excluding carboxylic acids is 1. The summed E-state index contributed by atoms with van der Waals surface area (Å²) in [6.45, 7) is 2.07. The number of rotatable bonds is 2. The second kappa shape index (κ2) is 4.99. The molecule has 0 bridgehead atoms. The largest absolute Gasteiger partial charge is 0.351 e. The predicted octanol–water partition coefficient (Wildman–Crippen LogP) is 1.64. The van der Waals surface area contributed by atoms with Crippen LogP contribution in [0.4, 0.5) is 10.5 Å². The van der Waals surface area contributed by atoms with Crippen LogP contribution in [-0.2, 0) is 0 Å². The number of piperidine rings is 1. The highest BCUT2D eigenvalue weighted by Gasteiger charge is 2.18. The number of carbonyl (C=O) groups is 1. The van der Waals surface area contributed by atoms with Crippen molar-refractivity contribution in [1.82, 2.24) is 5.32 Å². The van der Waals surface area contributed by atoms with Crippen LogP contribution in [0.2, 0.25) is 0 Å². The molecular formula is C12H17N3O. The molecule has 0 atom stereocenters. The molecule has 1 aromatic rings. The van der Waals surface area contributed by atoms with E-state index in [1.165, 1.54) is 5.56 Å². The lowest BCUT2D eigenvalue weighted by molar-refractivity contribution is 0.259. The van der Waals surface area contributed by atoms with E-state index in [4.69, 9.17) is 5.73 Å². The highest BCUT2D eigenvalue weighted by Crippen LogP contribution is 2.30. The van der Waals surface area contributed by atoms with Crippen molar-refractivity contribution in [2.75, 3.05) is 18.4 Å². The first-order valence-electron chi connectivity index (χ1n) is 5.63. The van der Waals surface area contributed by atoms with Crippen molar-refractivity contribution in [2.24, 2.45) is 5.73 Å². The molecule has 4 nitrogen and oxygen atoms in total. The molecule has 4 N–H and O–H groups in total. The number of primary amides is 1. The third kappa shape index (κ3) is 2.52. The van der Waals surface area contributed by atoms with Gasteiger partial charge in [0.2, 0.25) is 0 Å². The second-order valence-corrected chi connectivity index (χ2v) is 4.10. The van der Waals surface area contributed by atoms with Gasteiger partial charge in [0.15, 0.2) is 0 Å². The molecule has 1 saturated heterocycles. The van der Waals surface area contributed by atoms with Gasteiger partial charge in [-0.2, -0.15) is 0 Å². The fraction of sp³-hybridized carbons (Fsp3) is 0.417. The number of benzene rings is 1. The fourth-order valence-electron chi connectivity index (χ4n) is 2.23. The van der Waals surface area contributed by atoms with Crippen molar-refractivity contribution >= 4 is 11.7 Å². The smallest absolute Gasteiger partial charge is 0.316 e. The number of urea groups is 1. The lowest BCUT2D eigenvalue weighted by Crippen LogP contribution is -2.27. The van der Waals surface area contributed by atoms with Gasteiger partial charge in [0.25, 0.3) is 0 Å². The Bertz CT molecular complexity index is 372. The molecule has 0 aromatic heterocycles. The molecular weight excluding hydrogens is 202 g/mol. The summed E-state index contributed by atoms with van der Waals surface area (Å²) in [5, 5.41) is 6.02. The molecule has 0 aliphatic carbocycles. The maximum atomic E-state index is 10.9. The van der Waals surface area contributed by atoms with Gasteiger partial charge in [-0.15, -0.1) is 0 Å². The summed E-state index contributed by atoms with van der Waals surface area (Å²) in [4.78, 5) is 10.9. The predicted molar refractivity (Wildman–Crippen MR) is 64.5 cm³/mol. The van der Waals surface area contributed by atoms with Gasteiger partial charge in [-0.1, -0.05) is 18.2 Å². The Morgan fingerprint density at radius 2 is 2.00 bits per heavy atom. The van der Waals surface area contributed by atoms with Gasteiger partial charge < -0.3 is 16.4 Å². The SMILES string of the molecule is NC(=O)Nc1ccccc1C1CCNCC1. The van der Waals surface area contributed by atoms with Crippen LogP contribution in [0, 0.1) is 0 Å². The molecule has 4 heteroatoms.